The Morgan fingerprint density at radius 2 is 1.70 bits per heavy atom. The fourth-order valence-corrected chi connectivity index (χ4v) is 9.24. The molecule has 0 radical (unpaired) electrons. The van der Waals surface area contributed by atoms with E-state index in [1.165, 1.54) is 38.5 Å². The molecule has 30 heavy (non-hydrogen) atoms. The number of aliphatic hydroxyl groups excluding tert-OH is 1. The lowest BCUT2D eigenvalue weighted by molar-refractivity contribution is -0.249. The van der Waals surface area contributed by atoms with Gasteiger partial charge >= 0.3 is 0 Å². The first-order valence-electron chi connectivity index (χ1n) is 13.1. The lowest BCUT2D eigenvalue weighted by Gasteiger charge is -2.64. The van der Waals surface area contributed by atoms with Crippen molar-refractivity contribution in [1.82, 2.24) is 0 Å². The third-order valence-corrected chi connectivity index (χ3v) is 11.0. The maximum Gasteiger partial charge on any atom is 0.130 e. The van der Waals surface area contributed by atoms with Crippen LogP contribution >= 0.6 is 0 Å². The largest absolute Gasteiger partial charge is 0.393 e. The van der Waals surface area contributed by atoms with E-state index in [-0.39, 0.29) is 11.8 Å². The van der Waals surface area contributed by atoms with Gasteiger partial charge in [-0.1, -0.05) is 53.9 Å². The van der Waals surface area contributed by atoms with E-state index < -0.39 is 17.9 Å². The van der Waals surface area contributed by atoms with Crippen molar-refractivity contribution in [2.24, 2.45) is 46.3 Å². The van der Waals surface area contributed by atoms with Crippen molar-refractivity contribution < 1.29 is 14.6 Å². The Labute approximate surface area is 184 Å². The molecule has 4 aliphatic carbocycles. The van der Waals surface area contributed by atoms with Crippen LogP contribution in [0.3, 0.4) is 0 Å². The highest BCUT2D eigenvalue weighted by Gasteiger charge is 2.67. The normalized spacial score (nSPS) is 51.9. The van der Waals surface area contributed by atoms with Gasteiger partial charge in [-0.15, -0.1) is 0 Å². The molecule has 0 aliphatic heterocycles. The summed E-state index contributed by atoms with van der Waals surface area (Å²) in [6, 6.07) is 0. The maximum absolute atomic E-state index is 15.6. The summed E-state index contributed by atoms with van der Waals surface area (Å²) in [4.78, 5) is 0. The standard InChI is InChI=1S/C27H47FO2/c1-17(2)7-6-8-18(3)21-9-10-22-20-15-24(28)27(30)16-19(29)11-14-26(27,5)23(20)12-13-25(21,22)4/h17-24,29-30H,6-16H2,1-5H3/t18-,19+,20+,21-,22+,23+,24-,25-,26-,27+/m1/s1. The zero-order valence-electron chi connectivity index (χ0n) is 20.2. The molecule has 4 fully saturated rings. The summed E-state index contributed by atoms with van der Waals surface area (Å²) in [7, 11) is 0. The molecule has 0 aromatic heterocycles. The van der Waals surface area contributed by atoms with E-state index in [4.69, 9.17) is 0 Å². The molecule has 0 spiro atoms. The Morgan fingerprint density at radius 1 is 0.967 bits per heavy atom. The van der Waals surface area contributed by atoms with Crippen molar-refractivity contribution in [3.63, 3.8) is 0 Å². The average molecular weight is 423 g/mol. The van der Waals surface area contributed by atoms with Gasteiger partial charge < -0.3 is 10.2 Å². The molecule has 0 heterocycles. The average Bonchev–Trinajstić information content (AvgIpc) is 3.01. The molecule has 0 aromatic rings. The van der Waals surface area contributed by atoms with Crippen molar-refractivity contribution in [2.45, 2.75) is 123 Å². The zero-order chi connectivity index (χ0) is 21.9. The highest BCUT2D eigenvalue weighted by Crippen LogP contribution is 2.69. The first-order chi connectivity index (χ1) is 14.0. The van der Waals surface area contributed by atoms with Crippen molar-refractivity contribution in [3.8, 4) is 0 Å². The van der Waals surface area contributed by atoms with Gasteiger partial charge in [-0.05, 0) is 85.9 Å². The maximum atomic E-state index is 15.6. The lowest BCUT2D eigenvalue weighted by Crippen LogP contribution is -2.67. The number of fused-ring (bicyclic) bond motifs is 5. The molecular weight excluding hydrogens is 375 g/mol. The number of rotatable bonds is 5. The predicted octanol–water partition coefficient (Wildman–Crippen LogP) is 6.53. The minimum absolute atomic E-state index is 0.228. The highest BCUT2D eigenvalue weighted by atomic mass is 19.1. The number of aliphatic hydroxyl groups is 2. The van der Waals surface area contributed by atoms with Gasteiger partial charge in [0.05, 0.1) is 6.10 Å². The minimum Gasteiger partial charge on any atom is -0.393 e. The lowest BCUT2D eigenvalue weighted by atomic mass is 9.42. The first-order valence-corrected chi connectivity index (χ1v) is 13.1. The van der Waals surface area contributed by atoms with Crippen molar-refractivity contribution in [1.29, 1.82) is 0 Å². The van der Waals surface area contributed by atoms with Gasteiger partial charge in [0.1, 0.15) is 11.8 Å². The second-order valence-corrected chi connectivity index (χ2v) is 12.8. The third-order valence-electron chi connectivity index (χ3n) is 11.0. The predicted molar refractivity (Wildman–Crippen MR) is 121 cm³/mol. The molecule has 0 saturated heterocycles. The Bertz CT molecular complexity index is 622. The quantitative estimate of drug-likeness (QED) is 0.529. The zero-order valence-corrected chi connectivity index (χ0v) is 20.2. The van der Waals surface area contributed by atoms with Crippen LogP contribution in [0.1, 0.15) is 105 Å². The Hall–Kier alpha value is -0.150. The van der Waals surface area contributed by atoms with Gasteiger partial charge in [0, 0.05) is 11.8 Å². The summed E-state index contributed by atoms with van der Waals surface area (Å²) in [5, 5.41) is 21.7. The van der Waals surface area contributed by atoms with Gasteiger partial charge in [-0.3, -0.25) is 0 Å². The molecule has 4 aliphatic rings. The summed E-state index contributed by atoms with van der Waals surface area (Å²) in [5.74, 6) is 3.76. The van der Waals surface area contributed by atoms with Crippen molar-refractivity contribution >= 4 is 0 Å². The fraction of sp³-hybridized carbons (Fsp3) is 1.00. The van der Waals surface area contributed by atoms with E-state index in [1.807, 2.05) is 0 Å². The van der Waals surface area contributed by atoms with E-state index in [1.54, 1.807) is 0 Å². The van der Waals surface area contributed by atoms with E-state index in [9.17, 15) is 10.2 Å². The van der Waals surface area contributed by atoms with Gasteiger partial charge in [-0.25, -0.2) is 4.39 Å². The molecule has 0 aromatic carbocycles. The molecule has 174 valence electrons. The van der Waals surface area contributed by atoms with Crippen LogP contribution in [0.4, 0.5) is 4.39 Å². The summed E-state index contributed by atoms with van der Waals surface area (Å²) in [5.41, 5.74) is -1.36. The highest BCUT2D eigenvalue weighted by molar-refractivity contribution is 5.17. The van der Waals surface area contributed by atoms with Crippen LogP contribution in [0.5, 0.6) is 0 Å². The summed E-state index contributed by atoms with van der Waals surface area (Å²) in [6.07, 6.45) is 9.41. The SMILES string of the molecule is CC(C)CCC[C@@H](C)[C@H]1CC[C@H]2[C@@H]3C[C@@H](F)[C@@]4(O)C[C@@H](O)CC[C@]4(C)[C@H]3CC[C@]12C. The summed E-state index contributed by atoms with van der Waals surface area (Å²) < 4.78 is 15.6. The molecule has 4 rings (SSSR count). The molecule has 2 N–H and O–H groups in total. The van der Waals surface area contributed by atoms with Crippen molar-refractivity contribution in [3.05, 3.63) is 0 Å². The Kier molecular flexibility index (Phi) is 6.15. The number of halogens is 1. The number of hydrogen-bond acceptors (Lipinski definition) is 2. The van der Waals surface area contributed by atoms with Gasteiger partial charge in [-0.2, -0.15) is 0 Å². The smallest absolute Gasteiger partial charge is 0.130 e. The Morgan fingerprint density at radius 3 is 2.40 bits per heavy atom. The Balaban J connectivity index is 1.53. The van der Waals surface area contributed by atoms with Crippen LogP contribution in [0, 0.1) is 46.3 Å². The molecule has 0 amide bonds. The number of hydrogen-bond donors (Lipinski definition) is 2. The topological polar surface area (TPSA) is 40.5 Å². The molecular formula is C27H47FO2. The van der Waals surface area contributed by atoms with Crippen molar-refractivity contribution in [2.75, 3.05) is 0 Å². The van der Waals surface area contributed by atoms with E-state index in [0.29, 0.717) is 36.0 Å². The monoisotopic (exact) mass is 422 g/mol. The minimum atomic E-state index is -1.33. The summed E-state index contributed by atoms with van der Waals surface area (Å²) in [6.45, 7) is 11.8. The number of alkyl halides is 1. The molecule has 3 heteroatoms. The van der Waals surface area contributed by atoms with E-state index in [0.717, 1.165) is 30.6 Å². The first kappa shape index (κ1) is 23.0. The van der Waals surface area contributed by atoms with Gasteiger partial charge in [0.2, 0.25) is 0 Å². The van der Waals surface area contributed by atoms with Crippen LogP contribution in [0.25, 0.3) is 0 Å². The molecule has 0 unspecified atom stereocenters. The molecule has 0 bridgehead atoms. The van der Waals surface area contributed by atoms with E-state index in [2.05, 4.69) is 34.6 Å². The van der Waals surface area contributed by atoms with Crippen LogP contribution in [-0.2, 0) is 0 Å². The van der Waals surface area contributed by atoms with Crippen LogP contribution < -0.4 is 0 Å². The second kappa shape index (κ2) is 8.01. The van der Waals surface area contributed by atoms with Crippen LogP contribution in [-0.4, -0.2) is 28.1 Å². The molecule has 10 atom stereocenters. The third kappa shape index (κ3) is 3.40. The van der Waals surface area contributed by atoms with Crippen LogP contribution in [0.2, 0.25) is 0 Å². The molecule has 4 saturated carbocycles. The fourth-order valence-electron chi connectivity index (χ4n) is 9.24. The van der Waals surface area contributed by atoms with E-state index >= 15 is 4.39 Å². The van der Waals surface area contributed by atoms with Gasteiger partial charge in [0.25, 0.3) is 0 Å². The summed E-state index contributed by atoms with van der Waals surface area (Å²) >= 11 is 0. The van der Waals surface area contributed by atoms with Crippen LogP contribution in [0.15, 0.2) is 0 Å². The second-order valence-electron chi connectivity index (χ2n) is 12.8. The molecule has 2 nitrogen and oxygen atoms in total. The van der Waals surface area contributed by atoms with Gasteiger partial charge in [0.15, 0.2) is 0 Å².